The van der Waals surface area contributed by atoms with Gasteiger partial charge in [-0.15, -0.1) is 0 Å². The summed E-state index contributed by atoms with van der Waals surface area (Å²) < 4.78 is 6.59. The monoisotopic (exact) mass is 622 g/mol. The van der Waals surface area contributed by atoms with Gasteiger partial charge in [0.1, 0.15) is 11.2 Å². The Hall–Kier alpha value is -6.44. The number of hydrogen-bond donors (Lipinski definition) is 0. The highest BCUT2D eigenvalue weighted by Gasteiger charge is 2.21. The molecule has 0 saturated heterocycles. The Balaban J connectivity index is 1.30. The zero-order valence-corrected chi connectivity index (χ0v) is 26.7. The average Bonchev–Trinajstić information content (AvgIpc) is 3.55. The van der Waals surface area contributed by atoms with Crippen LogP contribution in [0, 0.1) is 0 Å². The first-order valence-corrected chi connectivity index (χ1v) is 16.9. The molecule has 1 aromatic heterocycles. The van der Waals surface area contributed by atoms with E-state index in [0.29, 0.717) is 0 Å². The molecule has 0 N–H and O–H groups in total. The Morgan fingerprint density at radius 1 is 0.286 bits per heavy atom. The molecule has 0 aliphatic rings. The quantitative estimate of drug-likeness (QED) is 0.178. The van der Waals surface area contributed by atoms with Crippen molar-refractivity contribution < 1.29 is 4.42 Å². The molecule has 0 fully saturated rings. The van der Waals surface area contributed by atoms with Gasteiger partial charge in [-0.1, -0.05) is 164 Å². The van der Waals surface area contributed by atoms with Crippen LogP contribution >= 0.6 is 0 Å². The summed E-state index contributed by atoms with van der Waals surface area (Å²) in [6, 6.07) is 65.6. The highest BCUT2D eigenvalue weighted by atomic mass is 16.3. The van der Waals surface area contributed by atoms with Crippen LogP contribution in [0.5, 0.6) is 0 Å². The molecule has 0 unspecified atom stereocenters. The van der Waals surface area contributed by atoms with Gasteiger partial charge in [0, 0.05) is 16.3 Å². The lowest BCUT2D eigenvalue weighted by Gasteiger charge is -2.19. The first kappa shape index (κ1) is 27.7. The van der Waals surface area contributed by atoms with Gasteiger partial charge in [-0.2, -0.15) is 0 Å². The minimum atomic E-state index is 0.891. The predicted molar refractivity (Wildman–Crippen MR) is 208 cm³/mol. The van der Waals surface area contributed by atoms with E-state index in [1.54, 1.807) is 0 Å². The maximum Gasteiger partial charge on any atom is 0.136 e. The number of hydrogen-bond acceptors (Lipinski definition) is 1. The third-order valence-corrected chi connectivity index (χ3v) is 10.1. The summed E-state index contributed by atoms with van der Waals surface area (Å²) in [4.78, 5) is 0. The van der Waals surface area contributed by atoms with Gasteiger partial charge in [-0.25, -0.2) is 0 Å². The van der Waals surface area contributed by atoms with Gasteiger partial charge in [0.2, 0.25) is 0 Å². The third kappa shape index (κ3) is 4.33. The Bertz CT molecular complexity index is 2800. The minimum absolute atomic E-state index is 0.891. The molecule has 9 aromatic carbocycles. The molecule has 10 aromatic rings. The van der Waals surface area contributed by atoms with Crippen LogP contribution in [0.25, 0.3) is 98.8 Å². The van der Waals surface area contributed by atoms with Crippen LogP contribution in [-0.4, -0.2) is 0 Å². The molecule has 0 saturated carbocycles. The fourth-order valence-corrected chi connectivity index (χ4v) is 7.96. The van der Waals surface area contributed by atoms with Crippen LogP contribution in [0.15, 0.2) is 186 Å². The van der Waals surface area contributed by atoms with Crippen LogP contribution in [0.2, 0.25) is 0 Å². The van der Waals surface area contributed by atoms with Gasteiger partial charge < -0.3 is 4.42 Å². The predicted octanol–water partition coefficient (Wildman–Crippen LogP) is 13.7. The third-order valence-electron chi connectivity index (χ3n) is 10.1. The molecule has 1 heterocycles. The van der Waals surface area contributed by atoms with Crippen molar-refractivity contribution in [3.05, 3.63) is 182 Å². The van der Waals surface area contributed by atoms with Crippen LogP contribution < -0.4 is 0 Å². The Kier molecular flexibility index (Phi) is 6.25. The zero-order chi connectivity index (χ0) is 32.3. The van der Waals surface area contributed by atoms with Crippen molar-refractivity contribution in [3.8, 4) is 44.5 Å². The van der Waals surface area contributed by atoms with E-state index in [1.807, 2.05) is 0 Å². The highest BCUT2D eigenvalue weighted by Crippen LogP contribution is 2.47. The Labute approximate surface area is 284 Å². The van der Waals surface area contributed by atoms with Crippen molar-refractivity contribution >= 4 is 54.3 Å². The van der Waals surface area contributed by atoms with Gasteiger partial charge >= 0.3 is 0 Å². The average molecular weight is 623 g/mol. The standard InChI is InChI=1S/C48H30O/c1-3-14-32(15-4-1)36-27-29-44-48(46(36)33-17-5-2-6-18-33)42-30-34(26-28-43(42)49-44)45-38-21-9-11-23-40(38)47(41-24-12-10-22-39(41)45)37-25-13-19-31-16-7-8-20-35(31)37/h1-30H. The van der Waals surface area contributed by atoms with E-state index in [-0.39, 0.29) is 0 Å². The molecule has 0 spiro atoms. The lowest BCUT2D eigenvalue weighted by molar-refractivity contribution is 0.669. The molecular formula is C48H30O. The lowest BCUT2D eigenvalue weighted by Crippen LogP contribution is -1.91. The van der Waals surface area contributed by atoms with Gasteiger partial charge in [0.15, 0.2) is 0 Å². The van der Waals surface area contributed by atoms with Crippen molar-refractivity contribution in [2.75, 3.05) is 0 Å². The summed E-state index contributed by atoms with van der Waals surface area (Å²) in [6.07, 6.45) is 0. The SMILES string of the molecule is c1ccc(-c2ccc3oc4ccc(-c5c6ccccc6c(-c6cccc7ccccc67)c6ccccc56)cc4c3c2-c2ccccc2)cc1. The summed E-state index contributed by atoms with van der Waals surface area (Å²) in [7, 11) is 0. The maximum atomic E-state index is 6.59. The number of furan rings is 1. The summed E-state index contributed by atoms with van der Waals surface area (Å²) in [5.41, 5.74) is 11.5. The molecule has 228 valence electrons. The van der Waals surface area contributed by atoms with E-state index in [1.165, 1.54) is 76.8 Å². The number of benzene rings is 9. The first-order valence-electron chi connectivity index (χ1n) is 16.9. The molecular weight excluding hydrogens is 593 g/mol. The Morgan fingerprint density at radius 3 is 1.53 bits per heavy atom. The largest absolute Gasteiger partial charge is 0.456 e. The summed E-state index contributed by atoms with van der Waals surface area (Å²) in [5.74, 6) is 0. The molecule has 0 radical (unpaired) electrons. The van der Waals surface area contributed by atoms with Crippen LogP contribution in [0.3, 0.4) is 0 Å². The lowest BCUT2D eigenvalue weighted by atomic mass is 9.84. The second-order valence-corrected chi connectivity index (χ2v) is 12.8. The van der Waals surface area contributed by atoms with Crippen LogP contribution in [-0.2, 0) is 0 Å². The molecule has 0 aliphatic heterocycles. The molecule has 10 rings (SSSR count). The zero-order valence-electron chi connectivity index (χ0n) is 26.7. The molecule has 0 atom stereocenters. The van der Waals surface area contributed by atoms with Crippen LogP contribution in [0.1, 0.15) is 0 Å². The van der Waals surface area contributed by atoms with Crippen molar-refractivity contribution in [3.63, 3.8) is 0 Å². The minimum Gasteiger partial charge on any atom is -0.456 e. The molecule has 49 heavy (non-hydrogen) atoms. The van der Waals surface area contributed by atoms with E-state index < -0.39 is 0 Å². The number of rotatable bonds is 4. The van der Waals surface area contributed by atoms with Crippen molar-refractivity contribution in [1.29, 1.82) is 0 Å². The van der Waals surface area contributed by atoms with Gasteiger partial charge in [-0.3, -0.25) is 0 Å². The fraction of sp³-hybridized carbons (Fsp3) is 0. The van der Waals surface area contributed by atoms with Gasteiger partial charge in [0.05, 0.1) is 0 Å². The summed E-state index contributed by atoms with van der Waals surface area (Å²) in [6.45, 7) is 0. The molecule has 0 aliphatic carbocycles. The van der Waals surface area contributed by atoms with E-state index in [0.717, 1.165) is 21.9 Å². The second-order valence-electron chi connectivity index (χ2n) is 12.8. The summed E-state index contributed by atoms with van der Waals surface area (Å²) in [5, 5.41) is 9.76. The summed E-state index contributed by atoms with van der Waals surface area (Å²) >= 11 is 0. The number of fused-ring (bicyclic) bond motifs is 6. The highest BCUT2D eigenvalue weighted by molar-refractivity contribution is 6.24. The van der Waals surface area contributed by atoms with Gasteiger partial charge in [0.25, 0.3) is 0 Å². The van der Waals surface area contributed by atoms with E-state index in [4.69, 9.17) is 4.42 Å². The fourth-order valence-electron chi connectivity index (χ4n) is 7.96. The van der Waals surface area contributed by atoms with Crippen molar-refractivity contribution in [2.24, 2.45) is 0 Å². The van der Waals surface area contributed by atoms with Gasteiger partial charge in [-0.05, 0) is 89.5 Å². The van der Waals surface area contributed by atoms with Crippen molar-refractivity contribution in [1.82, 2.24) is 0 Å². The van der Waals surface area contributed by atoms with Crippen molar-refractivity contribution in [2.45, 2.75) is 0 Å². The van der Waals surface area contributed by atoms with E-state index in [2.05, 4.69) is 182 Å². The van der Waals surface area contributed by atoms with E-state index in [9.17, 15) is 0 Å². The maximum absolute atomic E-state index is 6.59. The molecule has 1 nitrogen and oxygen atoms in total. The smallest absolute Gasteiger partial charge is 0.136 e. The molecule has 1 heteroatoms. The molecule has 0 amide bonds. The second kappa shape index (κ2) is 11.1. The first-order chi connectivity index (χ1) is 24.3. The molecule has 0 bridgehead atoms. The van der Waals surface area contributed by atoms with E-state index >= 15 is 0 Å². The normalized spacial score (nSPS) is 11.7. The Morgan fingerprint density at radius 2 is 0.837 bits per heavy atom. The van der Waals surface area contributed by atoms with Crippen LogP contribution in [0.4, 0.5) is 0 Å². The topological polar surface area (TPSA) is 13.1 Å².